The van der Waals surface area contributed by atoms with Crippen molar-refractivity contribution in [3.63, 3.8) is 0 Å². The number of fused-ring (bicyclic) bond motifs is 1. The SMILES string of the molecule is COc1ccccc1CNC1CCCNC1(CCC(C)N1C(=O)C2CC=CC=C2S1(=O)=O)c1ccccc1.Cl. The zero-order valence-corrected chi connectivity index (χ0v) is 24.1. The van der Waals surface area contributed by atoms with Crippen LogP contribution in [-0.2, 0) is 26.9 Å². The molecule has 2 aromatic rings. The molecule has 2 N–H and O–H groups in total. The van der Waals surface area contributed by atoms with E-state index in [1.165, 1.54) is 5.56 Å². The first-order valence-electron chi connectivity index (χ1n) is 13.5. The number of benzene rings is 2. The van der Waals surface area contributed by atoms with Crippen LogP contribution in [0.4, 0.5) is 0 Å². The summed E-state index contributed by atoms with van der Waals surface area (Å²) in [5.74, 6) is -0.0337. The van der Waals surface area contributed by atoms with Gasteiger partial charge in [-0.15, -0.1) is 12.4 Å². The lowest BCUT2D eigenvalue weighted by molar-refractivity contribution is -0.129. The molecule has 2 fully saturated rings. The fourth-order valence-corrected chi connectivity index (χ4v) is 8.26. The molecule has 4 atom stereocenters. The number of carbonyl (C=O) groups is 1. The van der Waals surface area contributed by atoms with Gasteiger partial charge in [-0.25, -0.2) is 12.7 Å². The summed E-state index contributed by atoms with van der Waals surface area (Å²) in [6.45, 7) is 3.39. The van der Waals surface area contributed by atoms with E-state index in [1.54, 1.807) is 19.3 Å². The van der Waals surface area contributed by atoms with E-state index in [0.717, 1.165) is 35.0 Å². The molecular formula is C30H38ClN3O4S. The lowest BCUT2D eigenvalue weighted by Gasteiger charge is -2.47. The van der Waals surface area contributed by atoms with Gasteiger partial charge in [0.25, 0.3) is 10.0 Å². The maximum atomic E-state index is 13.3. The van der Waals surface area contributed by atoms with E-state index in [0.29, 0.717) is 25.8 Å². The maximum Gasteiger partial charge on any atom is 0.263 e. The van der Waals surface area contributed by atoms with Crippen LogP contribution in [0.2, 0.25) is 0 Å². The van der Waals surface area contributed by atoms with Crippen LogP contribution >= 0.6 is 12.4 Å². The number of halogens is 1. The van der Waals surface area contributed by atoms with Crippen molar-refractivity contribution in [2.75, 3.05) is 13.7 Å². The minimum absolute atomic E-state index is 0. The lowest BCUT2D eigenvalue weighted by atomic mass is 9.74. The van der Waals surface area contributed by atoms with Gasteiger partial charge in [-0.1, -0.05) is 60.7 Å². The van der Waals surface area contributed by atoms with Gasteiger partial charge in [0.2, 0.25) is 5.91 Å². The molecule has 2 aliphatic heterocycles. The Kier molecular flexibility index (Phi) is 9.21. The number of amides is 1. The van der Waals surface area contributed by atoms with Gasteiger partial charge in [-0.3, -0.25) is 4.79 Å². The summed E-state index contributed by atoms with van der Waals surface area (Å²) in [5.41, 5.74) is 1.85. The summed E-state index contributed by atoms with van der Waals surface area (Å²) >= 11 is 0. The van der Waals surface area contributed by atoms with E-state index in [2.05, 4.69) is 28.8 Å². The van der Waals surface area contributed by atoms with E-state index < -0.39 is 27.5 Å². The van der Waals surface area contributed by atoms with Gasteiger partial charge in [0.05, 0.1) is 23.5 Å². The van der Waals surface area contributed by atoms with Crippen molar-refractivity contribution < 1.29 is 17.9 Å². The molecule has 0 radical (unpaired) electrons. The Morgan fingerprint density at radius 1 is 1.15 bits per heavy atom. The Morgan fingerprint density at radius 3 is 2.64 bits per heavy atom. The predicted molar refractivity (Wildman–Crippen MR) is 156 cm³/mol. The number of sulfonamides is 1. The molecule has 0 bridgehead atoms. The van der Waals surface area contributed by atoms with Crippen LogP contribution < -0.4 is 15.4 Å². The first-order chi connectivity index (χ1) is 18.4. The molecule has 4 unspecified atom stereocenters. The second-order valence-electron chi connectivity index (χ2n) is 10.5. The topological polar surface area (TPSA) is 87.7 Å². The summed E-state index contributed by atoms with van der Waals surface area (Å²) in [6, 6.07) is 18.1. The zero-order chi connectivity index (χ0) is 26.8. The van der Waals surface area contributed by atoms with Gasteiger partial charge >= 0.3 is 0 Å². The van der Waals surface area contributed by atoms with Gasteiger partial charge in [0.15, 0.2) is 0 Å². The summed E-state index contributed by atoms with van der Waals surface area (Å²) in [7, 11) is -2.11. The minimum atomic E-state index is -3.80. The molecule has 5 rings (SSSR count). The average Bonchev–Trinajstić information content (AvgIpc) is 3.16. The molecule has 2 saturated heterocycles. The molecular weight excluding hydrogens is 534 g/mol. The number of hydrogen-bond acceptors (Lipinski definition) is 6. The monoisotopic (exact) mass is 571 g/mol. The molecule has 9 heteroatoms. The summed E-state index contributed by atoms with van der Waals surface area (Å²) in [5, 5.41) is 7.63. The third kappa shape index (κ3) is 5.53. The first-order valence-corrected chi connectivity index (χ1v) is 14.9. The lowest BCUT2D eigenvalue weighted by Crippen LogP contribution is -2.60. The van der Waals surface area contributed by atoms with Crippen molar-refractivity contribution in [2.45, 2.75) is 63.2 Å². The smallest absolute Gasteiger partial charge is 0.263 e. The highest BCUT2D eigenvalue weighted by atomic mass is 35.5. The Morgan fingerprint density at radius 2 is 1.90 bits per heavy atom. The van der Waals surface area contributed by atoms with E-state index >= 15 is 0 Å². The summed E-state index contributed by atoms with van der Waals surface area (Å²) < 4.78 is 33.4. The minimum Gasteiger partial charge on any atom is -0.496 e. The van der Waals surface area contributed by atoms with Gasteiger partial charge in [-0.05, 0) is 63.3 Å². The molecule has 7 nitrogen and oxygen atoms in total. The van der Waals surface area contributed by atoms with Crippen LogP contribution in [0.5, 0.6) is 5.75 Å². The number of nitrogens with zero attached hydrogens (tertiary/aromatic N) is 1. The summed E-state index contributed by atoms with van der Waals surface area (Å²) in [4.78, 5) is 13.5. The summed E-state index contributed by atoms with van der Waals surface area (Å²) in [6.07, 6.45) is 8.87. The van der Waals surface area contributed by atoms with Crippen LogP contribution in [0.3, 0.4) is 0 Å². The van der Waals surface area contributed by atoms with Crippen molar-refractivity contribution in [2.24, 2.45) is 5.92 Å². The number of hydrogen-bond donors (Lipinski definition) is 2. The van der Waals surface area contributed by atoms with E-state index in [-0.39, 0.29) is 29.3 Å². The highest BCUT2D eigenvalue weighted by molar-refractivity contribution is 7.94. The maximum absolute atomic E-state index is 13.3. The number of nitrogens with one attached hydrogen (secondary N) is 2. The Labute approximate surface area is 238 Å². The molecule has 39 heavy (non-hydrogen) atoms. The molecule has 1 amide bonds. The van der Waals surface area contributed by atoms with Gasteiger partial charge < -0.3 is 15.4 Å². The molecule has 0 spiro atoms. The van der Waals surface area contributed by atoms with Crippen molar-refractivity contribution in [1.29, 1.82) is 0 Å². The van der Waals surface area contributed by atoms with Gasteiger partial charge in [-0.2, -0.15) is 0 Å². The normalized spacial score (nSPS) is 26.4. The largest absolute Gasteiger partial charge is 0.496 e. The van der Waals surface area contributed by atoms with Crippen LogP contribution in [0, 0.1) is 5.92 Å². The molecule has 0 aromatic heterocycles. The fourth-order valence-electron chi connectivity index (χ4n) is 6.28. The average molecular weight is 572 g/mol. The van der Waals surface area contributed by atoms with E-state index in [4.69, 9.17) is 4.74 Å². The van der Waals surface area contributed by atoms with E-state index in [1.807, 2.05) is 49.4 Å². The molecule has 1 aliphatic carbocycles. The molecule has 210 valence electrons. The van der Waals surface area contributed by atoms with Gasteiger partial charge in [0, 0.05) is 24.2 Å². The molecule has 2 heterocycles. The van der Waals surface area contributed by atoms with Crippen molar-refractivity contribution in [3.05, 3.63) is 88.9 Å². The Hall–Kier alpha value is -2.65. The number of para-hydroxylation sites is 1. The third-order valence-electron chi connectivity index (χ3n) is 8.27. The van der Waals surface area contributed by atoms with Gasteiger partial charge in [0.1, 0.15) is 5.75 Å². The molecule has 0 saturated carbocycles. The second kappa shape index (κ2) is 12.3. The standard InChI is InChI=1S/C30H37N3O4S.ClH/c1-22(33-29(34)25-14-7-9-16-27(25)38(33,35)36)18-19-30(24-12-4-3-5-13-24)28(17-10-20-32-30)31-21-23-11-6-8-15-26(23)37-2;/h3-9,11-13,15-16,22,25,28,31-32H,10,14,17-21H2,1-2H3;1H. The number of ether oxygens (including phenoxy) is 1. The van der Waals surface area contributed by atoms with Crippen LogP contribution in [0.1, 0.15) is 50.2 Å². The van der Waals surface area contributed by atoms with Crippen LogP contribution in [0.15, 0.2) is 77.7 Å². The number of carbonyl (C=O) groups excluding carboxylic acids is 1. The first kappa shape index (κ1) is 29.3. The van der Waals surface area contributed by atoms with Crippen molar-refractivity contribution in [3.8, 4) is 5.75 Å². The van der Waals surface area contributed by atoms with Crippen LogP contribution in [0.25, 0.3) is 0 Å². The van der Waals surface area contributed by atoms with Crippen LogP contribution in [-0.4, -0.2) is 44.4 Å². The van der Waals surface area contributed by atoms with Crippen molar-refractivity contribution >= 4 is 28.3 Å². The zero-order valence-electron chi connectivity index (χ0n) is 22.5. The predicted octanol–water partition coefficient (Wildman–Crippen LogP) is 4.65. The highest BCUT2D eigenvalue weighted by Gasteiger charge is 2.50. The Bertz CT molecular complexity index is 1330. The number of allylic oxidation sites excluding steroid dienone is 3. The Balaban J connectivity index is 0.00000353. The molecule has 3 aliphatic rings. The second-order valence-corrected chi connectivity index (χ2v) is 12.3. The fraction of sp³-hybridized carbons (Fsp3) is 0.433. The molecule has 2 aromatic carbocycles. The van der Waals surface area contributed by atoms with E-state index in [9.17, 15) is 13.2 Å². The number of methoxy groups -OCH3 is 1. The highest BCUT2D eigenvalue weighted by Crippen LogP contribution is 2.41. The van der Waals surface area contributed by atoms with Crippen molar-refractivity contribution in [1.82, 2.24) is 14.9 Å². The number of rotatable bonds is 9. The third-order valence-corrected chi connectivity index (χ3v) is 10.3. The number of piperidine rings is 1. The quantitative estimate of drug-likeness (QED) is 0.455.